The van der Waals surface area contributed by atoms with E-state index in [0.717, 1.165) is 48.7 Å². The number of hydrogen-bond acceptors (Lipinski definition) is 2. The maximum Gasteiger partial charge on any atom is 0.221 e. The van der Waals surface area contributed by atoms with E-state index in [1.54, 1.807) is 0 Å². The van der Waals surface area contributed by atoms with Gasteiger partial charge in [0.05, 0.1) is 17.1 Å². The molecule has 2 aromatic heterocycles. The Labute approximate surface area is 144 Å². The molecule has 0 atom stereocenters. The fourth-order valence-electron chi connectivity index (χ4n) is 2.78. The first-order valence-electron chi connectivity index (χ1n) is 8.37. The predicted molar refractivity (Wildman–Crippen MR) is 105 cm³/mol. The van der Waals surface area contributed by atoms with Crippen molar-refractivity contribution in [2.75, 3.05) is 0 Å². The quantitative estimate of drug-likeness (QED) is 0.353. The number of aryl methyl sites for hydroxylation is 1. The average Bonchev–Trinajstić information content (AvgIpc) is 3.10. The summed E-state index contributed by atoms with van der Waals surface area (Å²) in [7, 11) is 0. The second-order valence-electron chi connectivity index (χ2n) is 5.53. The predicted octanol–water partition coefficient (Wildman–Crippen LogP) is 5.23. The van der Waals surface area contributed by atoms with E-state index in [1.165, 1.54) is 5.69 Å². The van der Waals surface area contributed by atoms with Crippen molar-refractivity contribution in [1.29, 1.82) is 0 Å². The summed E-state index contributed by atoms with van der Waals surface area (Å²) in [6.45, 7) is 15.5. The molecule has 0 radical (unpaired) electrons. The summed E-state index contributed by atoms with van der Waals surface area (Å²) in [5.74, 6) is 1.62. The lowest BCUT2D eigenvalue weighted by atomic mass is 10.2. The number of nitrogens with zero attached hydrogens (tertiary/aromatic N) is 4. The highest BCUT2D eigenvalue weighted by Crippen LogP contribution is 2.24. The molecule has 0 bridgehead atoms. The van der Waals surface area contributed by atoms with Crippen molar-refractivity contribution in [3.05, 3.63) is 54.7 Å². The maximum absolute atomic E-state index is 4.76. The Morgan fingerprint density at radius 3 is 2.71 bits per heavy atom. The van der Waals surface area contributed by atoms with E-state index in [2.05, 4.69) is 54.5 Å². The molecule has 0 N–H and O–H groups in total. The van der Waals surface area contributed by atoms with Crippen LogP contribution < -0.4 is 0 Å². The first-order chi connectivity index (χ1) is 11.7. The molecule has 0 fully saturated rings. The van der Waals surface area contributed by atoms with Crippen molar-refractivity contribution in [2.24, 2.45) is 4.99 Å². The van der Waals surface area contributed by atoms with Gasteiger partial charge in [-0.3, -0.25) is 8.97 Å². The van der Waals surface area contributed by atoms with E-state index in [0.29, 0.717) is 0 Å². The van der Waals surface area contributed by atoms with Gasteiger partial charge < -0.3 is 0 Å². The molecule has 0 aliphatic rings. The molecule has 0 saturated carbocycles. The zero-order valence-corrected chi connectivity index (χ0v) is 14.7. The fraction of sp³-hybridized carbons (Fsp3) is 0.300. The van der Waals surface area contributed by atoms with Gasteiger partial charge in [-0.1, -0.05) is 32.1 Å². The molecule has 0 aliphatic carbocycles. The van der Waals surface area contributed by atoms with Gasteiger partial charge in [-0.25, -0.2) is 9.98 Å². The minimum Gasteiger partial charge on any atom is -0.287 e. The van der Waals surface area contributed by atoms with Crippen LogP contribution in [0.4, 0.5) is 0 Å². The normalized spacial score (nSPS) is 12.2. The van der Waals surface area contributed by atoms with Crippen LogP contribution in [-0.4, -0.2) is 20.7 Å². The molecule has 0 amide bonds. The maximum atomic E-state index is 4.76. The lowest BCUT2D eigenvalue weighted by molar-refractivity contribution is 0.867. The van der Waals surface area contributed by atoms with Crippen molar-refractivity contribution in [1.82, 2.24) is 14.0 Å². The number of unbranched alkanes of at least 4 members (excludes halogenated alkanes) is 1. The fourth-order valence-corrected chi connectivity index (χ4v) is 2.78. The summed E-state index contributed by atoms with van der Waals surface area (Å²) in [4.78, 5) is 8.92. The molecule has 24 heavy (non-hydrogen) atoms. The van der Waals surface area contributed by atoms with Gasteiger partial charge in [0.25, 0.3) is 0 Å². The molecule has 4 nitrogen and oxygen atoms in total. The average molecular weight is 322 g/mol. The molecule has 0 saturated heterocycles. The number of hydrogen-bond donors (Lipinski definition) is 0. The van der Waals surface area contributed by atoms with Crippen molar-refractivity contribution < 1.29 is 0 Å². The Kier molecular flexibility index (Phi) is 6.13. The van der Waals surface area contributed by atoms with Gasteiger partial charge >= 0.3 is 0 Å². The van der Waals surface area contributed by atoms with Crippen LogP contribution in [-0.2, 0) is 6.42 Å². The zero-order valence-electron chi connectivity index (χ0n) is 14.7. The van der Waals surface area contributed by atoms with E-state index < -0.39 is 0 Å². The molecule has 0 spiro atoms. The smallest absolute Gasteiger partial charge is 0.221 e. The van der Waals surface area contributed by atoms with Gasteiger partial charge in [-0.05, 0) is 51.1 Å². The number of aliphatic imine (C=N–C) groups is 1. The largest absolute Gasteiger partial charge is 0.287 e. The van der Waals surface area contributed by atoms with Crippen LogP contribution >= 0.6 is 0 Å². The highest BCUT2D eigenvalue weighted by molar-refractivity contribution is 5.66. The molecule has 0 aliphatic heterocycles. The van der Waals surface area contributed by atoms with Crippen LogP contribution in [0, 0.1) is 0 Å². The highest BCUT2D eigenvalue weighted by Gasteiger charge is 2.17. The number of allylic oxidation sites excluding steroid dienone is 3. The Bertz CT molecular complexity index is 799. The number of rotatable bonds is 9. The Morgan fingerprint density at radius 2 is 2.12 bits per heavy atom. The summed E-state index contributed by atoms with van der Waals surface area (Å²) in [5.41, 5.74) is 3.15. The van der Waals surface area contributed by atoms with E-state index >= 15 is 0 Å². The highest BCUT2D eigenvalue weighted by atomic mass is 15.2. The van der Waals surface area contributed by atoms with Gasteiger partial charge in [-0.2, -0.15) is 0 Å². The first-order valence-corrected chi connectivity index (χ1v) is 8.37. The lowest BCUT2D eigenvalue weighted by Crippen LogP contribution is -1.98. The van der Waals surface area contributed by atoms with E-state index in [9.17, 15) is 0 Å². The summed E-state index contributed by atoms with van der Waals surface area (Å²) in [5, 5.41) is 0. The molecule has 126 valence electrons. The second-order valence-corrected chi connectivity index (χ2v) is 5.53. The molecule has 0 unspecified atom stereocenters. The third-order valence-electron chi connectivity index (χ3n) is 3.90. The lowest BCUT2D eigenvalue weighted by Gasteiger charge is -2.05. The summed E-state index contributed by atoms with van der Waals surface area (Å²) in [6, 6.07) is 0. The Balaban J connectivity index is 2.65. The molecule has 2 heterocycles. The number of fused-ring (bicyclic) bond motifs is 1. The number of aromatic nitrogens is 3. The Morgan fingerprint density at radius 1 is 1.33 bits per heavy atom. The third-order valence-corrected chi connectivity index (χ3v) is 3.90. The van der Waals surface area contributed by atoms with Crippen LogP contribution in [0.25, 0.3) is 23.8 Å². The molecular weight excluding hydrogens is 296 g/mol. The number of imidazole rings is 2. The molecule has 0 aromatic carbocycles. The van der Waals surface area contributed by atoms with Crippen LogP contribution in [0.5, 0.6) is 0 Å². The summed E-state index contributed by atoms with van der Waals surface area (Å²) in [6.07, 6.45) is 16.0. The van der Waals surface area contributed by atoms with E-state index in [4.69, 9.17) is 4.98 Å². The van der Waals surface area contributed by atoms with Crippen molar-refractivity contribution >= 4 is 30.5 Å². The summed E-state index contributed by atoms with van der Waals surface area (Å²) >= 11 is 0. The van der Waals surface area contributed by atoms with Gasteiger partial charge in [0.15, 0.2) is 0 Å². The van der Waals surface area contributed by atoms with Gasteiger partial charge in [-0.15, -0.1) is 6.58 Å². The van der Waals surface area contributed by atoms with Crippen LogP contribution in [0.15, 0.2) is 42.6 Å². The van der Waals surface area contributed by atoms with Gasteiger partial charge in [0.2, 0.25) is 5.78 Å². The second kappa shape index (κ2) is 8.29. The van der Waals surface area contributed by atoms with Crippen LogP contribution in [0.3, 0.4) is 0 Å². The van der Waals surface area contributed by atoms with E-state index in [-0.39, 0.29) is 0 Å². The molecule has 2 aromatic rings. The standard InChI is InChI=1S/C20H26N4/c1-6-10-11-12-14-16-15-23-18(13-7-2)17(8-3)22-20(23)24(16)19(9-4)21-5/h6,8-9,12,14-15H,1,3,5,7,10-11,13H2,2,4H3/b14-12-,19-9+. The minimum absolute atomic E-state index is 0.775. The van der Waals surface area contributed by atoms with Crippen LogP contribution in [0.1, 0.15) is 50.2 Å². The third kappa shape index (κ3) is 3.32. The monoisotopic (exact) mass is 322 g/mol. The summed E-state index contributed by atoms with van der Waals surface area (Å²) < 4.78 is 4.17. The molecule has 4 heteroatoms. The van der Waals surface area contributed by atoms with Crippen molar-refractivity contribution in [3.63, 3.8) is 0 Å². The van der Waals surface area contributed by atoms with Crippen molar-refractivity contribution in [2.45, 2.75) is 39.5 Å². The topological polar surface area (TPSA) is 34.6 Å². The van der Waals surface area contributed by atoms with Crippen molar-refractivity contribution in [3.8, 4) is 0 Å². The Hall–Kier alpha value is -2.62. The molecule has 2 rings (SSSR count). The first kappa shape index (κ1) is 17.7. The minimum atomic E-state index is 0.775. The zero-order chi connectivity index (χ0) is 17.5. The van der Waals surface area contributed by atoms with Gasteiger partial charge in [0, 0.05) is 6.20 Å². The van der Waals surface area contributed by atoms with E-state index in [1.807, 2.05) is 29.7 Å². The van der Waals surface area contributed by atoms with Crippen LogP contribution in [0.2, 0.25) is 0 Å². The van der Waals surface area contributed by atoms with Gasteiger partial charge in [0.1, 0.15) is 5.82 Å². The molecular formula is C20H26N4. The SMILES string of the molecule is C=CCC/C=C\c1cn2c(CCC)c(C=C)nc2n1/C(=C/C)N=C.